The molecular formula is C39H41FN4O8. The SMILES string of the molecule is C[C@H](COc1ccccc1Oc1cccc(F)c1)NC(=O)[C@@H]1CCC(=O)N[C@@H](Cc2ccc(O)cc2)C(=O)N(C)CCOc2ccccc2C(=O)N1. The Hall–Kier alpha value is -6.11. The van der Waals surface area contributed by atoms with Gasteiger partial charge in [-0.2, -0.15) is 0 Å². The summed E-state index contributed by atoms with van der Waals surface area (Å²) in [7, 11) is 1.60. The summed E-state index contributed by atoms with van der Waals surface area (Å²) in [5.74, 6) is -1.08. The zero-order valence-electron chi connectivity index (χ0n) is 28.8. The number of fused-ring (bicyclic) bond motifs is 1. The fraction of sp³-hybridized carbons (Fsp3) is 0.282. The van der Waals surface area contributed by atoms with Gasteiger partial charge in [-0.25, -0.2) is 4.39 Å². The van der Waals surface area contributed by atoms with Gasteiger partial charge in [0.15, 0.2) is 11.5 Å². The van der Waals surface area contributed by atoms with Crippen LogP contribution in [0.4, 0.5) is 4.39 Å². The molecule has 5 rings (SSSR count). The second-order valence-corrected chi connectivity index (χ2v) is 12.4. The van der Waals surface area contributed by atoms with Gasteiger partial charge in [-0.1, -0.05) is 42.5 Å². The number of phenols is 1. The first kappa shape index (κ1) is 37.2. The molecule has 0 radical (unpaired) electrons. The highest BCUT2D eigenvalue weighted by Crippen LogP contribution is 2.31. The highest BCUT2D eigenvalue weighted by molar-refractivity contribution is 6.00. The Morgan fingerprint density at radius 3 is 2.48 bits per heavy atom. The molecule has 1 heterocycles. The molecule has 13 heteroatoms. The van der Waals surface area contributed by atoms with Crippen LogP contribution in [0.15, 0.2) is 97.1 Å². The topological polar surface area (TPSA) is 156 Å². The van der Waals surface area contributed by atoms with Gasteiger partial charge in [-0.05, 0) is 67.4 Å². The van der Waals surface area contributed by atoms with E-state index < -0.39 is 41.7 Å². The Kier molecular flexibility index (Phi) is 12.6. The number of benzene rings is 4. The number of nitrogens with zero attached hydrogens (tertiary/aromatic N) is 1. The third-order valence-corrected chi connectivity index (χ3v) is 8.23. The second-order valence-electron chi connectivity index (χ2n) is 12.4. The van der Waals surface area contributed by atoms with Crippen molar-refractivity contribution in [2.45, 2.75) is 44.3 Å². The number of hydrogen-bond donors (Lipinski definition) is 4. The van der Waals surface area contributed by atoms with Crippen molar-refractivity contribution >= 4 is 23.6 Å². The maximum absolute atomic E-state index is 13.7. The largest absolute Gasteiger partial charge is 0.508 e. The first-order valence-corrected chi connectivity index (χ1v) is 16.9. The normalized spacial score (nSPS) is 17.6. The molecule has 12 nitrogen and oxygen atoms in total. The van der Waals surface area contributed by atoms with Gasteiger partial charge in [0, 0.05) is 26.0 Å². The number of halogens is 1. The predicted octanol–water partition coefficient (Wildman–Crippen LogP) is 4.36. The summed E-state index contributed by atoms with van der Waals surface area (Å²) in [5.41, 5.74) is 0.905. The van der Waals surface area contributed by atoms with Gasteiger partial charge in [0.25, 0.3) is 5.91 Å². The number of carbonyl (C=O) groups excluding carboxylic acids is 4. The van der Waals surface area contributed by atoms with Crippen molar-refractivity contribution < 1.29 is 42.9 Å². The van der Waals surface area contributed by atoms with E-state index >= 15 is 0 Å². The molecule has 4 N–H and O–H groups in total. The van der Waals surface area contributed by atoms with E-state index in [9.17, 15) is 28.7 Å². The van der Waals surface area contributed by atoms with E-state index in [0.29, 0.717) is 11.5 Å². The molecule has 0 saturated heterocycles. The number of likely N-dealkylation sites (N-methyl/N-ethyl adjacent to an activating group) is 1. The number of nitrogens with one attached hydrogen (secondary N) is 3. The standard InChI is InChI=1S/C39H41FN4O8/c1-25(24-51-34-12-5-6-13-35(34)52-29-9-7-8-27(40)23-29)41-38(48)31-18-19-36(46)42-32(22-26-14-16-28(45)17-15-26)39(49)44(2)20-21-50-33-11-4-3-10-30(33)37(47)43-31/h3-17,23,25,31-32,45H,18-22,24H2,1-2H3,(H,41,48)(H,42,46)(H,43,47)/t25-,31+,32+/m1/s1. The molecule has 0 aromatic heterocycles. The van der Waals surface area contributed by atoms with Crippen LogP contribution in [-0.2, 0) is 20.8 Å². The van der Waals surface area contributed by atoms with Gasteiger partial charge < -0.3 is 40.2 Å². The van der Waals surface area contributed by atoms with Crippen molar-refractivity contribution in [1.82, 2.24) is 20.9 Å². The van der Waals surface area contributed by atoms with Crippen molar-refractivity contribution in [1.29, 1.82) is 0 Å². The molecule has 1 aliphatic heterocycles. The Balaban J connectivity index is 1.29. The maximum atomic E-state index is 13.7. The Morgan fingerprint density at radius 2 is 1.71 bits per heavy atom. The highest BCUT2D eigenvalue weighted by Gasteiger charge is 2.29. The number of rotatable bonds is 9. The second kappa shape index (κ2) is 17.7. The van der Waals surface area contributed by atoms with E-state index in [0.717, 1.165) is 5.56 Å². The van der Waals surface area contributed by atoms with Gasteiger partial charge >= 0.3 is 0 Å². The van der Waals surface area contributed by atoms with Crippen molar-refractivity contribution in [2.24, 2.45) is 0 Å². The summed E-state index contributed by atoms with van der Waals surface area (Å²) in [6.07, 6.45) is -0.108. The Labute approximate surface area is 300 Å². The fourth-order valence-electron chi connectivity index (χ4n) is 5.47. The monoisotopic (exact) mass is 712 g/mol. The van der Waals surface area contributed by atoms with Gasteiger partial charge in [-0.3, -0.25) is 19.2 Å². The molecule has 0 fully saturated rings. The maximum Gasteiger partial charge on any atom is 0.255 e. The van der Waals surface area contributed by atoms with Crippen molar-refractivity contribution in [2.75, 3.05) is 26.8 Å². The van der Waals surface area contributed by atoms with E-state index in [2.05, 4.69) is 16.0 Å². The van der Waals surface area contributed by atoms with Crippen molar-refractivity contribution in [3.05, 3.63) is 114 Å². The van der Waals surface area contributed by atoms with Crippen LogP contribution in [0, 0.1) is 5.82 Å². The van der Waals surface area contributed by atoms with Crippen LogP contribution < -0.4 is 30.2 Å². The van der Waals surface area contributed by atoms with Crippen LogP contribution in [0.3, 0.4) is 0 Å². The molecule has 0 saturated carbocycles. The number of ether oxygens (including phenoxy) is 3. The van der Waals surface area contributed by atoms with Gasteiger partial charge in [0.05, 0.1) is 18.2 Å². The van der Waals surface area contributed by atoms with Gasteiger partial charge in [0.1, 0.15) is 48.4 Å². The summed E-state index contributed by atoms with van der Waals surface area (Å²) in [4.78, 5) is 55.4. The summed E-state index contributed by atoms with van der Waals surface area (Å²) < 4.78 is 31.4. The highest BCUT2D eigenvalue weighted by atomic mass is 19.1. The Bertz CT molecular complexity index is 1870. The number of aromatic hydroxyl groups is 1. The molecule has 3 atom stereocenters. The quantitative estimate of drug-likeness (QED) is 0.200. The summed E-state index contributed by atoms with van der Waals surface area (Å²) >= 11 is 0. The van der Waals surface area contributed by atoms with Crippen LogP contribution in [0.2, 0.25) is 0 Å². The molecule has 4 amide bonds. The van der Waals surface area contributed by atoms with Gasteiger partial charge in [-0.15, -0.1) is 0 Å². The van der Waals surface area contributed by atoms with E-state index in [1.54, 1.807) is 80.7 Å². The molecule has 0 unspecified atom stereocenters. The molecule has 0 aliphatic carbocycles. The molecule has 4 aromatic rings. The van der Waals surface area contributed by atoms with Crippen LogP contribution >= 0.6 is 0 Å². The molecule has 0 bridgehead atoms. The van der Waals surface area contributed by atoms with Crippen LogP contribution in [-0.4, -0.2) is 78.6 Å². The minimum absolute atomic E-state index is 0.0155. The molecule has 1 aliphatic rings. The van der Waals surface area contributed by atoms with Gasteiger partial charge in [0.2, 0.25) is 17.7 Å². The lowest BCUT2D eigenvalue weighted by molar-refractivity contribution is -0.135. The van der Waals surface area contributed by atoms with E-state index in [1.165, 1.54) is 35.2 Å². The third kappa shape index (κ3) is 10.5. The molecule has 0 spiro atoms. The summed E-state index contributed by atoms with van der Waals surface area (Å²) in [5, 5.41) is 18.1. The number of amides is 4. The fourth-order valence-corrected chi connectivity index (χ4v) is 5.47. The first-order valence-electron chi connectivity index (χ1n) is 16.9. The average molecular weight is 713 g/mol. The first-order chi connectivity index (χ1) is 25.0. The smallest absolute Gasteiger partial charge is 0.255 e. The molecule has 272 valence electrons. The van der Waals surface area contributed by atoms with Crippen molar-refractivity contribution in [3.8, 4) is 28.7 Å². The number of phenolic OH excluding ortho intramolecular Hbond substituents is 1. The van der Waals surface area contributed by atoms with E-state index in [4.69, 9.17) is 14.2 Å². The third-order valence-electron chi connectivity index (χ3n) is 8.23. The van der Waals surface area contributed by atoms with E-state index in [-0.39, 0.29) is 67.7 Å². The number of carbonyl (C=O) groups is 4. The lowest BCUT2D eigenvalue weighted by Gasteiger charge is -2.25. The van der Waals surface area contributed by atoms with E-state index in [1.807, 2.05) is 0 Å². The lowest BCUT2D eigenvalue weighted by atomic mass is 10.0. The summed E-state index contributed by atoms with van der Waals surface area (Å²) in [6.45, 7) is 1.96. The number of para-hydroxylation sites is 3. The minimum Gasteiger partial charge on any atom is -0.508 e. The van der Waals surface area contributed by atoms with Crippen LogP contribution in [0.1, 0.15) is 35.7 Å². The molecule has 4 aromatic carbocycles. The Morgan fingerprint density at radius 1 is 0.981 bits per heavy atom. The summed E-state index contributed by atoms with van der Waals surface area (Å²) in [6, 6.07) is 22.8. The zero-order valence-corrected chi connectivity index (χ0v) is 28.8. The average Bonchev–Trinajstić information content (AvgIpc) is 3.13. The van der Waals surface area contributed by atoms with Crippen LogP contribution in [0.5, 0.6) is 28.7 Å². The predicted molar refractivity (Wildman–Crippen MR) is 190 cm³/mol. The molecular weight excluding hydrogens is 671 g/mol. The minimum atomic E-state index is -1.14. The zero-order chi connectivity index (χ0) is 37.0. The number of hydrogen-bond acceptors (Lipinski definition) is 8. The lowest BCUT2D eigenvalue weighted by Crippen LogP contribution is -2.51. The van der Waals surface area contributed by atoms with Crippen molar-refractivity contribution in [3.63, 3.8) is 0 Å². The molecule has 52 heavy (non-hydrogen) atoms. The van der Waals surface area contributed by atoms with Crippen LogP contribution in [0.25, 0.3) is 0 Å².